The number of aromatic nitrogens is 3. The average Bonchev–Trinajstić information content (AvgIpc) is 3.08. The molecule has 0 spiro atoms. The lowest BCUT2D eigenvalue weighted by molar-refractivity contribution is 0.414. The lowest BCUT2D eigenvalue weighted by atomic mass is 10.2. The zero-order chi connectivity index (χ0) is 19.8. The van der Waals surface area contributed by atoms with Crippen molar-refractivity contribution < 1.29 is 9.47 Å². The van der Waals surface area contributed by atoms with Crippen molar-refractivity contribution in [3.8, 4) is 11.5 Å². The van der Waals surface area contributed by atoms with Gasteiger partial charge < -0.3 is 15.3 Å². The summed E-state index contributed by atoms with van der Waals surface area (Å²) in [5, 5.41) is 16.0. The molecule has 3 aromatic rings. The number of benzene rings is 2. The van der Waals surface area contributed by atoms with Crippen LogP contribution in [0.1, 0.15) is 11.1 Å². The van der Waals surface area contributed by atoms with Crippen molar-refractivity contribution in [1.29, 1.82) is 0 Å². The van der Waals surface area contributed by atoms with Gasteiger partial charge in [0.15, 0.2) is 0 Å². The van der Waals surface area contributed by atoms with E-state index in [-0.39, 0.29) is 11.9 Å². The molecule has 0 fully saturated rings. The van der Waals surface area contributed by atoms with Crippen LogP contribution in [0, 0.1) is 0 Å². The first-order valence-electron chi connectivity index (χ1n) is 8.26. The third-order valence-electron chi connectivity index (χ3n) is 3.64. The summed E-state index contributed by atoms with van der Waals surface area (Å²) in [5.41, 5.74) is 7.17. The monoisotopic (exact) mass is 380 g/mol. The van der Waals surface area contributed by atoms with E-state index >= 15 is 0 Å². The number of methoxy groups -OCH3 is 2. The number of anilines is 2. The maximum absolute atomic E-state index is 5.93. The highest BCUT2D eigenvalue weighted by Crippen LogP contribution is 2.12. The molecule has 28 heavy (non-hydrogen) atoms. The summed E-state index contributed by atoms with van der Waals surface area (Å²) in [6.07, 6.45) is 3.23. The van der Waals surface area contributed by atoms with Gasteiger partial charge in [0.2, 0.25) is 0 Å². The Labute approximate surface area is 161 Å². The van der Waals surface area contributed by atoms with Crippen LogP contribution in [0.4, 0.5) is 11.9 Å². The maximum Gasteiger partial charge on any atom is 0.265 e. The number of hydrazone groups is 2. The third-order valence-corrected chi connectivity index (χ3v) is 3.64. The Morgan fingerprint density at radius 2 is 1.32 bits per heavy atom. The van der Waals surface area contributed by atoms with Crippen LogP contribution in [-0.2, 0) is 0 Å². The van der Waals surface area contributed by atoms with Crippen molar-refractivity contribution in [3.05, 3.63) is 59.7 Å². The Kier molecular flexibility index (Phi) is 6.03. The van der Waals surface area contributed by atoms with Crippen molar-refractivity contribution in [3.63, 3.8) is 0 Å². The van der Waals surface area contributed by atoms with Crippen LogP contribution in [-0.4, -0.2) is 41.5 Å². The molecule has 10 heteroatoms. The number of nitrogen functional groups attached to an aromatic ring is 1. The molecule has 0 atom stereocenters. The Bertz CT molecular complexity index is 906. The van der Waals surface area contributed by atoms with E-state index in [1.807, 2.05) is 48.5 Å². The van der Waals surface area contributed by atoms with Crippen LogP contribution in [0.3, 0.4) is 0 Å². The quantitative estimate of drug-likeness (QED) is 0.310. The topological polar surface area (TPSA) is 124 Å². The molecule has 0 bridgehead atoms. The van der Waals surface area contributed by atoms with Gasteiger partial charge in [0, 0.05) is 0 Å². The average molecular weight is 380 g/mol. The largest absolute Gasteiger partial charge is 0.497 e. The van der Waals surface area contributed by atoms with Crippen molar-refractivity contribution >= 4 is 24.3 Å². The molecule has 0 aliphatic carbocycles. The van der Waals surface area contributed by atoms with Gasteiger partial charge in [-0.3, -0.25) is 0 Å². The number of nitrogens with one attached hydrogen (secondary N) is 2. The van der Waals surface area contributed by atoms with Gasteiger partial charge in [-0.2, -0.15) is 14.9 Å². The predicted molar refractivity (Wildman–Crippen MR) is 109 cm³/mol. The van der Waals surface area contributed by atoms with E-state index in [1.54, 1.807) is 26.6 Å². The number of nitrogens with two attached hydrogens (primary N) is 1. The Morgan fingerprint density at radius 3 is 1.75 bits per heavy atom. The number of rotatable bonds is 8. The summed E-state index contributed by atoms with van der Waals surface area (Å²) in [4.78, 5) is 0. The first-order valence-corrected chi connectivity index (χ1v) is 8.26. The lowest BCUT2D eigenvalue weighted by Gasteiger charge is -2.03. The zero-order valence-corrected chi connectivity index (χ0v) is 15.4. The predicted octanol–water partition coefficient (Wildman–Crippen LogP) is 1.90. The second-order valence-electron chi connectivity index (χ2n) is 5.51. The number of hydrogen-bond donors (Lipinski definition) is 3. The van der Waals surface area contributed by atoms with E-state index in [0.717, 1.165) is 22.6 Å². The molecule has 0 saturated carbocycles. The third kappa shape index (κ3) is 4.75. The molecule has 0 amide bonds. The van der Waals surface area contributed by atoms with Crippen LogP contribution < -0.4 is 26.2 Å². The minimum Gasteiger partial charge on any atom is -0.497 e. The molecule has 0 unspecified atom stereocenters. The van der Waals surface area contributed by atoms with Gasteiger partial charge in [0.05, 0.1) is 26.6 Å². The van der Waals surface area contributed by atoms with Gasteiger partial charge in [-0.25, -0.2) is 10.9 Å². The van der Waals surface area contributed by atoms with Gasteiger partial charge >= 0.3 is 0 Å². The van der Waals surface area contributed by atoms with Crippen LogP contribution in [0.5, 0.6) is 11.5 Å². The van der Waals surface area contributed by atoms with E-state index in [9.17, 15) is 0 Å². The van der Waals surface area contributed by atoms with Crippen LogP contribution in [0.15, 0.2) is 58.7 Å². The fourth-order valence-electron chi connectivity index (χ4n) is 2.22. The van der Waals surface area contributed by atoms with E-state index in [1.165, 1.54) is 4.68 Å². The molecule has 144 valence electrons. The van der Waals surface area contributed by atoms with Gasteiger partial charge in [0.1, 0.15) is 11.5 Å². The summed E-state index contributed by atoms with van der Waals surface area (Å²) >= 11 is 0. The molecule has 2 aromatic carbocycles. The summed E-state index contributed by atoms with van der Waals surface area (Å²) in [7, 11) is 3.22. The Balaban J connectivity index is 1.60. The molecule has 0 radical (unpaired) electrons. The van der Waals surface area contributed by atoms with Crippen molar-refractivity contribution in [2.24, 2.45) is 10.2 Å². The molecular formula is C18H20N8O2. The number of ether oxygens (including phenoxy) is 2. The normalized spacial score (nSPS) is 11.1. The fraction of sp³-hybridized carbons (Fsp3) is 0.111. The molecule has 0 aliphatic heterocycles. The minimum absolute atomic E-state index is 0.248. The van der Waals surface area contributed by atoms with Gasteiger partial charge in [-0.05, 0) is 35.4 Å². The summed E-state index contributed by atoms with van der Waals surface area (Å²) in [6.45, 7) is 0. The van der Waals surface area contributed by atoms with E-state index < -0.39 is 0 Å². The highest BCUT2D eigenvalue weighted by molar-refractivity contribution is 5.81. The molecule has 3 rings (SSSR count). The fourth-order valence-corrected chi connectivity index (χ4v) is 2.22. The molecule has 4 N–H and O–H groups in total. The molecule has 10 nitrogen and oxygen atoms in total. The van der Waals surface area contributed by atoms with E-state index in [4.69, 9.17) is 15.3 Å². The van der Waals surface area contributed by atoms with E-state index in [2.05, 4.69) is 31.3 Å². The highest BCUT2D eigenvalue weighted by Gasteiger charge is 2.07. The van der Waals surface area contributed by atoms with Crippen molar-refractivity contribution in [2.75, 3.05) is 30.9 Å². The SMILES string of the molecule is COc1cccc(/C=N/Nc2nnc(N/N=C/c3cccc(OC)c3)n2N)c1. The highest BCUT2D eigenvalue weighted by atomic mass is 16.5. The first-order chi connectivity index (χ1) is 13.7. The second-order valence-corrected chi connectivity index (χ2v) is 5.51. The molecule has 0 aliphatic rings. The van der Waals surface area contributed by atoms with Gasteiger partial charge in [-0.15, -0.1) is 10.2 Å². The number of nitrogens with zero attached hydrogens (tertiary/aromatic N) is 5. The van der Waals surface area contributed by atoms with Crippen molar-refractivity contribution in [2.45, 2.75) is 0 Å². The summed E-state index contributed by atoms with van der Waals surface area (Å²) in [5.74, 6) is 7.91. The summed E-state index contributed by atoms with van der Waals surface area (Å²) in [6, 6.07) is 14.9. The van der Waals surface area contributed by atoms with Gasteiger partial charge in [-0.1, -0.05) is 24.3 Å². The minimum atomic E-state index is 0.248. The first kappa shape index (κ1) is 18.7. The zero-order valence-electron chi connectivity index (χ0n) is 15.4. The second kappa shape index (κ2) is 9.03. The Morgan fingerprint density at radius 1 is 0.857 bits per heavy atom. The van der Waals surface area contributed by atoms with E-state index in [0.29, 0.717) is 0 Å². The van der Waals surface area contributed by atoms with Crippen LogP contribution in [0.2, 0.25) is 0 Å². The van der Waals surface area contributed by atoms with Gasteiger partial charge in [0.25, 0.3) is 11.9 Å². The standard InChI is InChI=1S/C18H20N8O2/c1-27-15-7-3-5-13(9-15)11-20-22-17-24-25-18(26(17)19)23-21-12-14-6-4-8-16(10-14)28-2/h3-12H,19H2,1-2H3,(H,22,24)(H,23,25)/b20-11+,21-12+. The van der Waals surface area contributed by atoms with Crippen LogP contribution >= 0.6 is 0 Å². The molecule has 1 heterocycles. The van der Waals surface area contributed by atoms with Crippen molar-refractivity contribution in [1.82, 2.24) is 14.9 Å². The summed E-state index contributed by atoms with van der Waals surface area (Å²) < 4.78 is 11.5. The molecule has 1 aromatic heterocycles. The Hall–Kier alpha value is -4.08. The molecule has 0 saturated heterocycles. The smallest absolute Gasteiger partial charge is 0.265 e. The number of hydrogen-bond acceptors (Lipinski definition) is 9. The lowest BCUT2D eigenvalue weighted by Crippen LogP contribution is -2.14. The van der Waals surface area contributed by atoms with Crippen LogP contribution in [0.25, 0.3) is 0 Å². The molecular weight excluding hydrogens is 360 g/mol. The maximum atomic E-state index is 5.93.